The summed E-state index contributed by atoms with van der Waals surface area (Å²) in [4.78, 5) is 11.7. The molecule has 112 valence electrons. The van der Waals surface area contributed by atoms with Gasteiger partial charge in [-0.15, -0.1) is 0 Å². The lowest BCUT2D eigenvalue weighted by Gasteiger charge is -2.09. The Hall–Kier alpha value is -2.11. The number of nitrogens with one attached hydrogen (secondary N) is 2. The molecule has 2 aromatic rings. The van der Waals surface area contributed by atoms with Crippen LogP contribution < -0.4 is 10.6 Å². The van der Waals surface area contributed by atoms with E-state index in [0.29, 0.717) is 15.8 Å². The molecule has 0 saturated carbocycles. The standard InChI is InChI=1S/C16H14ClN3OS/c1-9-7-11(8-14-15(21)19-16(22)18-14)10(2)20(9)13-5-3-12(17)4-6-13/h3-8H,1-2H3,(H2,18,19,21,22). The largest absolute Gasteiger partial charge is 0.328 e. The molecule has 2 N–H and O–H groups in total. The van der Waals surface area contributed by atoms with Crippen LogP contribution in [-0.2, 0) is 4.79 Å². The first-order chi connectivity index (χ1) is 10.5. The highest BCUT2D eigenvalue weighted by Gasteiger charge is 2.21. The van der Waals surface area contributed by atoms with Gasteiger partial charge in [-0.05, 0) is 68.0 Å². The number of carbonyl (C=O) groups is 1. The maximum Gasteiger partial charge on any atom is 0.273 e. The molecule has 1 aromatic carbocycles. The second-order valence-corrected chi connectivity index (χ2v) is 5.95. The smallest absolute Gasteiger partial charge is 0.273 e. The summed E-state index contributed by atoms with van der Waals surface area (Å²) in [5.41, 5.74) is 4.58. The molecule has 0 unspecified atom stereocenters. The molecule has 1 amide bonds. The molecule has 0 aliphatic carbocycles. The Morgan fingerprint density at radius 1 is 1.18 bits per heavy atom. The van der Waals surface area contributed by atoms with Crippen molar-refractivity contribution in [2.24, 2.45) is 0 Å². The van der Waals surface area contributed by atoms with Crippen LogP contribution in [0.3, 0.4) is 0 Å². The molecular weight excluding hydrogens is 318 g/mol. The third kappa shape index (κ3) is 2.65. The van der Waals surface area contributed by atoms with Crippen molar-refractivity contribution < 1.29 is 4.79 Å². The van der Waals surface area contributed by atoms with Gasteiger partial charge in [-0.25, -0.2) is 0 Å². The molecule has 0 spiro atoms. The van der Waals surface area contributed by atoms with E-state index in [1.54, 1.807) is 0 Å². The lowest BCUT2D eigenvalue weighted by molar-refractivity contribution is -0.115. The summed E-state index contributed by atoms with van der Waals surface area (Å²) in [6.07, 6.45) is 1.81. The molecule has 0 atom stereocenters. The first-order valence-electron chi connectivity index (χ1n) is 6.74. The van der Waals surface area contributed by atoms with Crippen molar-refractivity contribution in [3.05, 3.63) is 58.0 Å². The predicted octanol–water partition coefficient (Wildman–Crippen LogP) is 3.09. The Morgan fingerprint density at radius 2 is 1.86 bits per heavy atom. The van der Waals surface area contributed by atoms with Crippen molar-refractivity contribution in [2.45, 2.75) is 13.8 Å². The molecule has 1 saturated heterocycles. The van der Waals surface area contributed by atoms with Crippen LogP contribution in [-0.4, -0.2) is 15.6 Å². The third-order valence-electron chi connectivity index (χ3n) is 3.57. The average Bonchev–Trinajstić information content (AvgIpc) is 2.92. The first kappa shape index (κ1) is 14.8. The topological polar surface area (TPSA) is 46.1 Å². The highest BCUT2D eigenvalue weighted by atomic mass is 35.5. The first-order valence-corrected chi connectivity index (χ1v) is 7.53. The van der Waals surface area contributed by atoms with Gasteiger partial charge in [0.15, 0.2) is 5.11 Å². The van der Waals surface area contributed by atoms with Gasteiger partial charge in [-0.1, -0.05) is 11.6 Å². The lowest BCUT2D eigenvalue weighted by Crippen LogP contribution is -2.21. The van der Waals surface area contributed by atoms with Gasteiger partial charge in [0, 0.05) is 22.1 Å². The van der Waals surface area contributed by atoms with E-state index in [9.17, 15) is 4.79 Å². The van der Waals surface area contributed by atoms with E-state index in [0.717, 1.165) is 22.6 Å². The van der Waals surface area contributed by atoms with Gasteiger partial charge >= 0.3 is 0 Å². The minimum absolute atomic E-state index is 0.207. The van der Waals surface area contributed by atoms with Crippen LogP contribution in [0.2, 0.25) is 5.02 Å². The fourth-order valence-corrected chi connectivity index (χ4v) is 2.89. The number of halogens is 1. The molecule has 1 aromatic heterocycles. The third-order valence-corrected chi connectivity index (χ3v) is 4.03. The molecule has 6 heteroatoms. The summed E-state index contributed by atoms with van der Waals surface area (Å²) in [6.45, 7) is 4.04. The SMILES string of the molecule is Cc1cc(C=C2NC(=S)NC2=O)c(C)n1-c1ccc(Cl)cc1. The number of thiocarbonyl (C=S) groups is 1. The second-order valence-electron chi connectivity index (χ2n) is 5.10. The van der Waals surface area contributed by atoms with E-state index in [4.69, 9.17) is 23.8 Å². The summed E-state index contributed by atoms with van der Waals surface area (Å²) in [5.74, 6) is -0.207. The van der Waals surface area contributed by atoms with E-state index in [1.165, 1.54) is 0 Å². The van der Waals surface area contributed by atoms with Gasteiger partial charge in [0.2, 0.25) is 0 Å². The van der Waals surface area contributed by atoms with Gasteiger partial charge < -0.3 is 9.88 Å². The minimum Gasteiger partial charge on any atom is -0.328 e. The molecule has 1 aliphatic heterocycles. The Labute approximate surface area is 138 Å². The molecule has 1 aliphatic rings. The number of aryl methyl sites for hydroxylation is 1. The summed E-state index contributed by atoms with van der Waals surface area (Å²) in [5, 5.41) is 6.46. The molecule has 0 radical (unpaired) electrons. The summed E-state index contributed by atoms with van der Waals surface area (Å²) >= 11 is 10.9. The van der Waals surface area contributed by atoms with Gasteiger partial charge in [-0.3, -0.25) is 10.1 Å². The number of rotatable bonds is 2. The fourth-order valence-electron chi connectivity index (χ4n) is 2.56. The molecule has 2 heterocycles. The fraction of sp³-hybridized carbons (Fsp3) is 0.125. The Balaban J connectivity index is 2.04. The van der Waals surface area contributed by atoms with Crippen LogP contribution in [0.1, 0.15) is 17.0 Å². The maximum atomic E-state index is 11.7. The molecular formula is C16H14ClN3OS. The zero-order valence-electron chi connectivity index (χ0n) is 12.1. The van der Waals surface area contributed by atoms with Crippen LogP contribution >= 0.6 is 23.8 Å². The molecule has 1 fully saturated rings. The van der Waals surface area contributed by atoms with Gasteiger partial charge in [0.25, 0.3) is 5.91 Å². The van der Waals surface area contributed by atoms with Crippen LogP contribution in [0.15, 0.2) is 36.0 Å². The molecule has 0 bridgehead atoms. The van der Waals surface area contributed by atoms with Crippen molar-refractivity contribution in [2.75, 3.05) is 0 Å². The Kier molecular flexibility index (Phi) is 3.76. The minimum atomic E-state index is -0.207. The number of hydrogen-bond donors (Lipinski definition) is 2. The average molecular weight is 332 g/mol. The van der Waals surface area contributed by atoms with Gasteiger partial charge in [0.05, 0.1) is 0 Å². The number of benzene rings is 1. The molecule has 22 heavy (non-hydrogen) atoms. The maximum absolute atomic E-state index is 11.7. The van der Waals surface area contributed by atoms with Crippen molar-refractivity contribution >= 4 is 40.9 Å². The van der Waals surface area contributed by atoms with Gasteiger partial charge in [0.1, 0.15) is 5.70 Å². The lowest BCUT2D eigenvalue weighted by atomic mass is 10.2. The highest BCUT2D eigenvalue weighted by molar-refractivity contribution is 7.80. The Bertz CT molecular complexity index is 806. The van der Waals surface area contributed by atoms with Crippen molar-refractivity contribution in [3.63, 3.8) is 0 Å². The van der Waals surface area contributed by atoms with E-state index < -0.39 is 0 Å². The molecule has 4 nitrogen and oxygen atoms in total. The van der Waals surface area contributed by atoms with E-state index in [1.807, 2.05) is 50.3 Å². The monoisotopic (exact) mass is 331 g/mol. The summed E-state index contributed by atoms with van der Waals surface area (Å²) in [7, 11) is 0. The van der Waals surface area contributed by atoms with E-state index in [-0.39, 0.29) is 5.91 Å². The number of aromatic nitrogens is 1. The van der Waals surface area contributed by atoms with Crippen LogP contribution in [0, 0.1) is 13.8 Å². The summed E-state index contributed by atoms with van der Waals surface area (Å²) in [6, 6.07) is 9.69. The highest BCUT2D eigenvalue weighted by Crippen LogP contribution is 2.24. The number of carbonyl (C=O) groups excluding carboxylic acids is 1. The normalized spacial score (nSPS) is 16.0. The van der Waals surface area contributed by atoms with Crippen LogP contribution in [0.5, 0.6) is 0 Å². The van der Waals surface area contributed by atoms with Crippen molar-refractivity contribution in [3.8, 4) is 5.69 Å². The second kappa shape index (κ2) is 5.59. The Morgan fingerprint density at radius 3 is 2.45 bits per heavy atom. The predicted molar refractivity (Wildman–Crippen MR) is 92.1 cm³/mol. The van der Waals surface area contributed by atoms with Gasteiger partial charge in [-0.2, -0.15) is 0 Å². The number of hydrogen-bond acceptors (Lipinski definition) is 2. The quantitative estimate of drug-likeness (QED) is 0.656. The van der Waals surface area contributed by atoms with E-state index >= 15 is 0 Å². The van der Waals surface area contributed by atoms with Crippen LogP contribution in [0.25, 0.3) is 11.8 Å². The molecule has 3 rings (SSSR count). The number of amides is 1. The number of nitrogens with zero attached hydrogens (tertiary/aromatic N) is 1. The summed E-state index contributed by atoms with van der Waals surface area (Å²) < 4.78 is 2.12. The van der Waals surface area contributed by atoms with E-state index in [2.05, 4.69) is 15.2 Å². The van der Waals surface area contributed by atoms with Crippen molar-refractivity contribution in [1.29, 1.82) is 0 Å². The van der Waals surface area contributed by atoms with Crippen molar-refractivity contribution in [1.82, 2.24) is 15.2 Å². The zero-order valence-corrected chi connectivity index (χ0v) is 13.7. The van der Waals surface area contributed by atoms with Crippen LogP contribution in [0.4, 0.5) is 0 Å². The zero-order chi connectivity index (χ0) is 15.9.